The molecule has 0 fully saturated rings. The Hall–Kier alpha value is -2.57. The van der Waals surface area contributed by atoms with E-state index in [1.54, 1.807) is 12.1 Å². The van der Waals surface area contributed by atoms with Crippen LogP contribution in [0.3, 0.4) is 0 Å². The highest BCUT2D eigenvalue weighted by Gasteiger charge is 2.40. The Morgan fingerprint density at radius 3 is 1.55 bits per heavy atom. The first-order chi connectivity index (χ1) is 15.7. The van der Waals surface area contributed by atoms with Crippen LogP contribution in [0.25, 0.3) is 0 Å². The van der Waals surface area contributed by atoms with Crippen LogP contribution >= 0.6 is 21.9 Å². The fourth-order valence-corrected chi connectivity index (χ4v) is 9.84. The number of aryl methyl sites for hydroxylation is 3. The van der Waals surface area contributed by atoms with Gasteiger partial charge in [0.2, 0.25) is 0 Å². The summed E-state index contributed by atoms with van der Waals surface area (Å²) in [4.78, 5) is 2.58. The van der Waals surface area contributed by atoms with Crippen molar-refractivity contribution in [1.82, 2.24) is 0 Å². The summed E-state index contributed by atoms with van der Waals surface area (Å²) in [6, 6.07) is 29.5. The summed E-state index contributed by atoms with van der Waals surface area (Å²) in [6.45, 7) is 6.07. The average molecular weight is 497 g/mol. The Morgan fingerprint density at radius 2 is 1.09 bits per heavy atom. The maximum absolute atomic E-state index is 13.7. The molecule has 0 unspecified atom stereocenters. The van der Waals surface area contributed by atoms with Crippen molar-refractivity contribution >= 4 is 32.0 Å². The molecular formula is C27H25ClO3S2. The van der Waals surface area contributed by atoms with Crippen molar-refractivity contribution in [3.05, 3.63) is 119 Å². The molecule has 0 spiro atoms. The smallest absolute Gasteiger partial charge is 0.203 e. The van der Waals surface area contributed by atoms with Crippen LogP contribution in [-0.4, -0.2) is 8.42 Å². The summed E-state index contributed by atoms with van der Waals surface area (Å²) < 4.78 is 33.9. The molecular weight excluding hydrogens is 472 g/mol. The summed E-state index contributed by atoms with van der Waals surface area (Å²) in [5.41, 5.74) is 3.09. The van der Waals surface area contributed by atoms with E-state index in [9.17, 15) is 8.42 Å². The standard InChI is InChI=1S/C27H25ClO3S2/c1-20-18-21(2)27(22(3)19-20)32(24-10-6-4-7-11-24,25-12-8-5-9-13-25)31-33(29,30)26-16-14-23(28)15-17-26/h4-19H,1-3H3. The summed E-state index contributed by atoms with van der Waals surface area (Å²) >= 11 is 6.01. The van der Waals surface area contributed by atoms with Gasteiger partial charge in [0.05, 0.1) is 4.90 Å². The monoisotopic (exact) mass is 496 g/mol. The summed E-state index contributed by atoms with van der Waals surface area (Å²) in [5, 5.41) is 0.462. The molecule has 0 saturated heterocycles. The summed E-state index contributed by atoms with van der Waals surface area (Å²) in [6.07, 6.45) is 0. The first-order valence-electron chi connectivity index (χ1n) is 10.5. The van der Waals surface area contributed by atoms with Gasteiger partial charge in [0.15, 0.2) is 0 Å². The normalized spacial score (nSPS) is 12.5. The molecule has 4 rings (SSSR count). The minimum atomic E-state index is -4.14. The third-order valence-electron chi connectivity index (χ3n) is 5.34. The highest BCUT2D eigenvalue weighted by Crippen LogP contribution is 2.71. The Kier molecular flexibility index (Phi) is 6.68. The number of benzene rings is 4. The van der Waals surface area contributed by atoms with Gasteiger partial charge in [0.25, 0.3) is 0 Å². The highest BCUT2D eigenvalue weighted by molar-refractivity contribution is 8.33. The molecule has 6 heteroatoms. The maximum Gasteiger partial charge on any atom is 0.307 e. The van der Waals surface area contributed by atoms with Crippen molar-refractivity contribution in [2.45, 2.75) is 40.4 Å². The second kappa shape index (κ2) is 9.35. The third-order valence-corrected chi connectivity index (χ3v) is 11.1. The molecule has 0 bridgehead atoms. The molecule has 4 aromatic rings. The molecule has 0 radical (unpaired) electrons. The Morgan fingerprint density at radius 1 is 0.636 bits per heavy atom. The first kappa shape index (κ1) is 23.6. The fourth-order valence-electron chi connectivity index (χ4n) is 4.10. The van der Waals surface area contributed by atoms with Crippen molar-refractivity contribution in [1.29, 1.82) is 0 Å². The second-order valence-corrected chi connectivity index (χ2v) is 12.7. The van der Waals surface area contributed by atoms with Crippen LogP contribution < -0.4 is 0 Å². The molecule has 0 amide bonds. The molecule has 0 N–H and O–H groups in total. The topological polar surface area (TPSA) is 43.4 Å². The predicted octanol–water partition coefficient (Wildman–Crippen LogP) is 7.87. The molecule has 0 aliphatic rings. The van der Waals surface area contributed by atoms with Crippen LogP contribution in [0.4, 0.5) is 0 Å². The quantitative estimate of drug-likeness (QED) is 0.273. The van der Waals surface area contributed by atoms with Gasteiger partial charge in [0.1, 0.15) is 0 Å². The van der Waals surface area contributed by atoms with E-state index in [0.717, 1.165) is 31.4 Å². The third kappa shape index (κ3) is 4.59. The lowest BCUT2D eigenvalue weighted by Gasteiger charge is -2.41. The predicted molar refractivity (Wildman–Crippen MR) is 136 cm³/mol. The average Bonchev–Trinajstić information content (AvgIpc) is 2.79. The molecule has 0 aliphatic heterocycles. The molecule has 0 aromatic heterocycles. The van der Waals surface area contributed by atoms with Crippen molar-refractivity contribution in [2.75, 3.05) is 0 Å². The van der Waals surface area contributed by atoms with Crippen LogP contribution in [0.5, 0.6) is 0 Å². The van der Waals surface area contributed by atoms with E-state index in [-0.39, 0.29) is 4.90 Å². The van der Waals surface area contributed by atoms with Gasteiger partial charge < -0.3 is 0 Å². The molecule has 33 heavy (non-hydrogen) atoms. The van der Waals surface area contributed by atoms with E-state index >= 15 is 0 Å². The van der Waals surface area contributed by atoms with Gasteiger partial charge in [-0.05, 0) is 90.7 Å². The number of hydrogen-bond acceptors (Lipinski definition) is 3. The van der Waals surface area contributed by atoms with Gasteiger partial charge in [0, 0.05) is 19.7 Å². The molecule has 0 heterocycles. The van der Waals surface area contributed by atoms with E-state index in [0.29, 0.717) is 5.02 Å². The molecule has 0 saturated carbocycles. The van der Waals surface area contributed by atoms with Gasteiger partial charge in [-0.3, -0.25) is 0 Å². The summed E-state index contributed by atoms with van der Waals surface area (Å²) in [7, 11) is -6.79. The zero-order valence-corrected chi connectivity index (χ0v) is 21.0. The van der Waals surface area contributed by atoms with Gasteiger partial charge in [-0.2, -0.15) is 8.42 Å². The van der Waals surface area contributed by atoms with Gasteiger partial charge >= 0.3 is 10.1 Å². The minimum absolute atomic E-state index is 0.0676. The van der Waals surface area contributed by atoms with Crippen LogP contribution in [0.2, 0.25) is 5.02 Å². The zero-order valence-electron chi connectivity index (χ0n) is 18.7. The van der Waals surface area contributed by atoms with Crippen molar-refractivity contribution in [2.24, 2.45) is 0 Å². The van der Waals surface area contributed by atoms with Crippen LogP contribution in [-0.2, 0) is 13.7 Å². The van der Waals surface area contributed by atoms with Gasteiger partial charge in [-0.1, -0.05) is 65.7 Å². The van der Waals surface area contributed by atoms with E-state index in [4.69, 9.17) is 15.2 Å². The number of halogens is 1. The highest BCUT2D eigenvalue weighted by atomic mass is 35.5. The molecule has 4 aromatic carbocycles. The SMILES string of the molecule is Cc1cc(C)c(S(OS(=O)(=O)c2ccc(Cl)cc2)(c2ccccc2)c2ccccc2)c(C)c1. The molecule has 3 nitrogen and oxygen atoms in total. The Bertz CT molecular complexity index is 1310. The number of hydrogen-bond donors (Lipinski definition) is 0. The van der Waals surface area contributed by atoms with Crippen molar-refractivity contribution < 1.29 is 12.0 Å². The number of rotatable bonds is 6. The van der Waals surface area contributed by atoms with E-state index in [1.807, 2.05) is 81.4 Å². The second-order valence-electron chi connectivity index (χ2n) is 7.89. The maximum atomic E-state index is 13.7. The van der Waals surface area contributed by atoms with Crippen LogP contribution in [0.15, 0.2) is 117 Å². The fraction of sp³-hybridized carbons (Fsp3) is 0.111. The largest absolute Gasteiger partial charge is 0.307 e. The lowest BCUT2D eigenvalue weighted by molar-refractivity contribution is 0.508. The van der Waals surface area contributed by atoms with Gasteiger partial charge in [-0.15, -0.1) is 0 Å². The first-order valence-corrected chi connectivity index (χ1v) is 13.8. The Labute approximate surface area is 202 Å². The van der Waals surface area contributed by atoms with E-state index in [2.05, 4.69) is 12.1 Å². The van der Waals surface area contributed by atoms with E-state index in [1.165, 1.54) is 12.1 Å². The minimum Gasteiger partial charge on any atom is -0.203 e. The van der Waals surface area contributed by atoms with E-state index < -0.39 is 20.4 Å². The molecule has 170 valence electrons. The molecule has 0 atom stereocenters. The van der Waals surface area contributed by atoms with Crippen LogP contribution in [0, 0.1) is 20.8 Å². The van der Waals surface area contributed by atoms with Crippen molar-refractivity contribution in [3.8, 4) is 0 Å². The van der Waals surface area contributed by atoms with Gasteiger partial charge in [-0.25, -0.2) is 3.63 Å². The van der Waals surface area contributed by atoms with Crippen molar-refractivity contribution in [3.63, 3.8) is 0 Å². The van der Waals surface area contributed by atoms with Crippen LogP contribution in [0.1, 0.15) is 16.7 Å². The lowest BCUT2D eigenvalue weighted by atomic mass is 10.1. The zero-order chi connectivity index (χ0) is 23.6. The summed E-state index contributed by atoms with van der Waals surface area (Å²) in [5.74, 6) is 0. The molecule has 0 aliphatic carbocycles. The lowest BCUT2D eigenvalue weighted by Crippen LogP contribution is -2.16. The Balaban J connectivity index is 2.08.